The van der Waals surface area contributed by atoms with Crippen molar-refractivity contribution in [3.05, 3.63) is 45.6 Å². The first-order chi connectivity index (χ1) is 15.5. The number of carbonyl (C=O) groups is 1. The first kappa shape index (κ1) is 19.4. The lowest BCUT2D eigenvalue weighted by Gasteiger charge is -2.64. The third-order valence-electron chi connectivity index (χ3n) is 8.82. The minimum absolute atomic E-state index is 0.0555. The fourth-order valence-electron chi connectivity index (χ4n) is 7.28. The summed E-state index contributed by atoms with van der Waals surface area (Å²) in [4.78, 5) is 16.1. The lowest BCUT2D eigenvalue weighted by Crippen LogP contribution is -2.78. The van der Waals surface area contributed by atoms with E-state index in [9.17, 15) is 15.0 Å². The third kappa shape index (κ3) is 2.39. The molecule has 1 aromatic carbocycles. The molecule has 1 aromatic heterocycles. The molecule has 2 aromatic rings. The van der Waals surface area contributed by atoms with Gasteiger partial charge < -0.3 is 20.3 Å². The van der Waals surface area contributed by atoms with Crippen LogP contribution in [-0.4, -0.2) is 57.9 Å². The van der Waals surface area contributed by atoms with Crippen LogP contribution in [0.2, 0.25) is 0 Å². The number of benzene rings is 1. The van der Waals surface area contributed by atoms with Crippen molar-refractivity contribution in [2.75, 3.05) is 13.1 Å². The second kappa shape index (κ2) is 6.49. The molecular formula is C25H28N2O4S. The summed E-state index contributed by atoms with van der Waals surface area (Å²) in [5.74, 6) is 1.34. The Balaban J connectivity index is 1.32. The fraction of sp³-hybridized carbons (Fsp3) is 0.560. The Kier molecular flexibility index (Phi) is 3.93. The molecule has 2 bridgehead atoms. The Bertz CT molecular complexity index is 1100. The Labute approximate surface area is 191 Å². The smallest absolute Gasteiger partial charge is 0.261 e. The largest absolute Gasteiger partial charge is 0.504 e. The van der Waals surface area contributed by atoms with E-state index in [4.69, 9.17) is 4.74 Å². The highest BCUT2D eigenvalue weighted by Gasteiger charge is 2.73. The van der Waals surface area contributed by atoms with Crippen molar-refractivity contribution in [3.8, 4) is 11.5 Å². The maximum atomic E-state index is 12.9. The van der Waals surface area contributed by atoms with Crippen molar-refractivity contribution in [3.63, 3.8) is 0 Å². The standard InChI is InChI=1S/C25H28N2O4S/c28-17-6-5-15-12-19-25(30)8-7-16(26-23(29)18-2-1-11-32-18)22-24(25,20(15)21(17)31-22)9-10-27(19)13-14-3-4-14/h1-2,5-6,11,14,16,19,22,28,30H,3-4,7-10,12-13H2,(H,26,29)/t16-,19+,22-,24-,25+/m0/s1. The maximum absolute atomic E-state index is 12.9. The fourth-order valence-corrected chi connectivity index (χ4v) is 7.90. The molecule has 32 heavy (non-hydrogen) atoms. The number of nitrogens with zero attached hydrogens (tertiary/aromatic N) is 1. The molecule has 3 heterocycles. The van der Waals surface area contributed by atoms with Crippen LogP contribution in [-0.2, 0) is 11.8 Å². The van der Waals surface area contributed by atoms with E-state index in [1.807, 2.05) is 23.6 Å². The second-order valence-corrected chi connectivity index (χ2v) is 11.3. The molecule has 1 amide bonds. The summed E-state index contributed by atoms with van der Waals surface area (Å²) in [6.07, 6.45) is 5.08. The molecule has 0 radical (unpaired) electrons. The van der Waals surface area contributed by atoms with Crippen LogP contribution in [0.1, 0.15) is 52.9 Å². The van der Waals surface area contributed by atoms with Gasteiger partial charge in [-0.3, -0.25) is 9.69 Å². The molecule has 5 aliphatic rings. The molecular weight excluding hydrogens is 424 g/mol. The molecule has 3 aliphatic carbocycles. The lowest BCUT2D eigenvalue weighted by atomic mass is 9.48. The predicted molar refractivity (Wildman–Crippen MR) is 120 cm³/mol. The molecule has 5 atom stereocenters. The summed E-state index contributed by atoms with van der Waals surface area (Å²) >= 11 is 1.43. The van der Waals surface area contributed by atoms with Crippen molar-refractivity contribution in [2.45, 2.75) is 67.7 Å². The number of aromatic hydroxyl groups is 1. The number of aliphatic hydroxyl groups is 1. The van der Waals surface area contributed by atoms with Crippen LogP contribution < -0.4 is 10.1 Å². The van der Waals surface area contributed by atoms with Gasteiger partial charge in [0.2, 0.25) is 0 Å². The normalized spacial score (nSPS) is 37.0. The van der Waals surface area contributed by atoms with Gasteiger partial charge in [0.15, 0.2) is 11.5 Å². The van der Waals surface area contributed by atoms with E-state index in [1.165, 1.54) is 29.7 Å². The lowest BCUT2D eigenvalue weighted by molar-refractivity contribution is -0.191. The molecule has 168 valence electrons. The number of hydrogen-bond acceptors (Lipinski definition) is 6. The molecule has 7 heteroatoms. The molecule has 2 saturated carbocycles. The van der Waals surface area contributed by atoms with E-state index in [0.29, 0.717) is 23.5 Å². The number of nitrogens with one attached hydrogen (secondary N) is 1. The van der Waals surface area contributed by atoms with Crippen LogP contribution >= 0.6 is 11.3 Å². The SMILES string of the molecule is O=C(N[C@H]1CC[C@@]2(O)[C@H]3Cc4ccc(O)c5c4[C@@]2(CCN3CC2CC2)[C@H]1O5)c1cccs1. The molecule has 1 saturated heterocycles. The Morgan fingerprint density at radius 1 is 1.25 bits per heavy atom. The van der Waals surface area contributed by atoms with Crippen LogP contribution in [0.15, 0.2) is 29.6 Å². The maximum Gasteiger partial charge on any atom is 0.261 e. The molecule has 2 aliphatic heterocycles. The van der Waals surface area contributed by atoms with E-state index in [-0.39, 0.29) is 29.8 Å². The van der Waals surface area contributed by atoms with Gasteiger partial charge in [-0.15, -0.1) is 11.3 Å². The molecule has 7 rings (SSSR count). The minimum atomic E-state index is -0.916. The number of piperidine rings is 1. The number of rotatable bonds is 4. The minimum Gasteiger partial charge on any atom is -0.504 e. The number of carbonyl (C=O) groups excluding carboxylic acids is 1. The van der Waals surface area contributed by atoms with E-state index in [2.05, 4.69) is 10.2 Å². The third-order valence-corrected chi connectivity index (χ3v) is 9.69. The summed E-state index contributed by atoms with van der Waals surface area (Å²) in [7, 11) is 0. The van der Waals surface area contributed by atoms with Crippen LogP contribution in [0.25, 0.3) is 0 Å². The quantitative estimate of drug-likeness (QED) is 0.665. The number of amides is 1. The first-order valence-corrected chi connectivity index (χ1v) is 12.7. The number of thiophene rings is 1. The number of phenols is 1. The Morgan fingerprint density at radius 3 is 2.91 bits per heavy atom. The average Bonchev–Trinajstić information content (AvgIpc) is 3.27. The molecule has 3 N–H and O–H groups in total. The van der Waals surface area contributed by atoms with E-state index in [0.717, 1.165) is 37.4 Å². The zero-order valence-corrected chi connectivity index (χ0v) is 18.7. The number of phenolic OH excluding ortho intramolecular Hbond substituents is 1. The summed E-state index contributed by atoms with van der Waals surface area (Å²) in [5.41, 5.74) is 0.676. The van der Waals surface area contributed by atoms with Gasteiger partial charge >= 0.3 is 0 Å². The Hall–Kier alpha value is -2.09. The van der Waals surface area contributed by atoms with Crippen molar-refractivity contribution >= 4 is 17.2 Å². The summed E-state index contributed by atoms with van der Waals surface area (Å²) in [5, 5.41) is 28.2. The average molecular weight is 453 g/mol. The van der Waals surface area contributed by atoms with Crippen LogP contribution in [0, 0.1) is 5.92 Å². The number of likely N-dealkylation sites (tertiary alicyclic amines) is 1. The summed E-state index contributed by atoms with van der Waals surface area (Å²) < 4.78 is 6.49. The van der Waals surface area contributed by atoms with Gasteiger partial charge in [0.25, 0.3) is 5.91 Å². The van der Waals surface area contributed by atoms with Gasteiger partial charge in [0.05, 0.1) is 21.9 Å². The van der Waals surface area contributed by atoms with E-state index < -0.39 is 11.0 Å². The summed E-state index contributed by atoms with van der Waals surface area (Å²) in [6.45, 7) is 1.98. The van der Waals surface area contributed by atoms with Gasteiger partial charge in [-0.25, -0.2) is 0 Å². The van der Waals surface area contributed by atoms with Crippen molar-refractivity contribution in [1.82, 2.24) is 10.2 Å². The van der Waals surface area contributed by atoms with Crippen LogP contribution in [0.5, 0.6) is 11.5 Å². The van der Waals surface area contributed by atoms with Gasteiger partial charge in [-0.2, -0.15) is 0 Å². The highest BCUT2D eigenvalue weighted by Crippen LogP contribution is 2.65. The predicted octanol–water partition coefficient (Wildman–Crippen LogP) is 2.82. The zero-order chi connectivity index (χ0) is 21.7. The van der Waals surface area contributed by atoms with Crippen molar-refractivity contribution in [2.24, 2.45) is 5.92 Å². The van der Waals surface area contributed by atoms with Gasteiger partial charge in [-0.1, -0.05) is 12.1 Å². The van der Waals surface area contributed by atoms with Crippen molar-refractivity contribution < 1.29 is 19.7 Å². The first-order valence-electron chi connectivity index (χ1n) is 11.8. The summed E-state index contributed by atoms with van der Waals surface area (Å²) in [6, 6.07) is 7.30. The van der Waals surface area contributed by atoms with Crippen molar-refractivity contribution in [1.29, 1.82) is 0 Å². The van der Waals surface area contributed by atoms with Crippen LogP contribution in [0.4, 0.5) is 0 Å². The Morgan fingerprint density at radius 2 is 2.12 bits per heavy atom. The molecule has 3 fully saturated rings. The molecule has 0 unspecified atom stereocenters. The second-order valence-electron chi connectivity index (χ2n) is 10.4. The molecule has 6 nitrogen and oxygen atoms in total. The zero-order valence-electron chi connectivity index (χ0n) is 17.9. The topological polar surface area (TPSA) is 82.0 Å². The highest BCUT2D eigenvalue weighted by atomic mass is 32.1. The van der Waals surface area contributed by atoms with Gasteiger partial charge in [0, 0.05) is 18.2 Å². The van der Waals surface area contributed by atoms with Gasteiger partial charge in [0.1, 0.15) is 6.10 Å². The van der Waals surface area contributed by atoms with E-state index in [1.54, 1.807) is 6.07 Å². The van der Waals surface area contributed by atoms with Crippen LogP contribution in [0.3, 0.4) is 0 Å². The molecule has 1 spiro atoms. The number of ether oxygens (including phenoxy) is 1. The van der Waals surface area contributed by atoms with E-state index >= 15 is 0 Å². The number of hydrogen-bond donors (Lipinski definition) is 3. The highest BCUT2D eigenvalue weighted by molar-refractivity contribution is 7.12. The van der Waals surface area contributed by atoms with Gasteiger partial charge in [-0.05, 0) is 74.1 Å². The monoisotopic (exact) mass is 452 g/mol.